The van der Waals surface area contributed by atoms with Crippen LogP contribution in [0.1, 0.15) is 16.2 Å². The van der Waals surface area contributed by atoms with Crippen LogP contribution in [0.3, 0.4) is 0 Å². The number of oxazole rings is 1. The number of halogens is 5. The topological polar surface area (TPSA) is 63.3 Å². The molecule has 0 saturated heterocycles. The van der Waals surface area contributed by atoms with Gasteiger partial charge in [0, 0.05) is 4.47 Å². The summed E-state index contributed by atoms with van der Waals surface area (Å²) in [4.78, 5) is 13.8. The van der Waals surface area contributed by atoms with Crippen molar-refractivity contribution in [3.8, 4) is 11.5 Å². The maximum Gasteiger partial charge on any atom is 0.437 e. The van der Waals surface area contributed by atoms with E-state index in [0.717, 1.165) is 6.07 Å². The molecular formula is C11H4BrF4NO3. The zero-order valence-electron chi connectivity index (χ0n) is 9.33. The number of aromatic carboxylic acids is 1. The summed E-state index contributed by atoms with van der Waals surface area (Å²) in [6.45, 7) is 0. The standard InChI is InChI=1S/C11H4BrF4NO3/c12-4-2-1-3-5(13)6(4)9-17-8(11(14,15)16)7(20-9)10(18)19/h1-3H,(H,18,19). The third kappa shape index (κ3) is 2.53. The Balaban J connectivity index is 2.69. The van der Waals surface area contributed by atoms with Crippen molar-refractivity contribution in [2.24, 2.45) is 0 Å². The molecule has 0 saturated carbocycles. The van der Waals surface area contributed by atoms with Gasteiger partial charge >= 0.3 is 12.1 Å². The molecule has 2 rings (SSSR count). The second-order valence-electron chi connectivity index (χ2n) is 3.60. The molecule has 0 fully saturated rings. The molecule has 1 heterocycles. The molecule has 0 bridgehead atoms. The molecule has 0 radical (unpaired) electrons. The van der Waals surface area contributed by atoms with E-state index in [9.17, 15) is 22.4 Å². The van der Waals surface area contributed by atoms with E-state index in [1.807, 2.05) is 0 Å². The Kier molecular flexibility index (Phi) is 3.55. The summed E-state index contributed by atoms with van der Waals surface area (Å²) >= 11 is 2.94. The Hall–Kier alpha value is -1.90. The van der Waals surface area contributed by atoms with Crippen molar-refractivity contribution in [3.63, 3.8) is 0 Å². The molecule has 106 valence electrons. The zero-order chi connectivity index (χ0) is 15.1. The number of hydrogen-bond acceptors (Lipinski definition) is 3. The first kappa shape index (κ1) is 14.5. The van der Waals surface area contributed by atoms with Crippen LogP contribution >= 0.6 is 15.9 Å². The number of benzene rings is 1. The number of carboxylic acids is 1. The number of hydrogen-bond donors (Lipinski definition) is 1. The number of alkyl halides is 3. The molecule has 0 atom stereocenters. The average Bonchev–Trinajstić information content (AvgIpc) is 2.73. The molecule has 1 aromatic heterocycles. The fourth-order valence-corrected chi connectivity index (χ4v) is 1.98. The van der Waals surface area contributed by atoms with Crippen molar-refractivity contribution in [1.29, 1.82) is 0 Å². The lowest BCUT2D eigenvalue weighted by atomic mass is 10.2. The molecule has 4 nitrogen and oxygen atoms in total. The molecule has 2 aromatic rings. The number of rotatable bonds is 2. The van der Waals surface area contributed by atoms with Gasteiger partial charge in [-0.15, -0.1) is 0 Å². The van der Waals surface area contributed by atoms with E-state index in [0.29, 0.717) is 0 Å². The minimum Gasteiger partial charge on any atom is -0.475 e. The van der Waals surface area contributed by atoms with Gasteiger partial charge in [-0.25, -0.2) is 14.2 Å². The lowest BCUT2D eigenvalue weighted by molar-refractivity contribution is -0.141. The van der Waals surface area contributed by atoms with Crippen LogP contribution in [-0.4, -0.2) is 16.1 Å². The van der Waals surface area contributed by atoms with E-state index in [-0.39, 0.29) is 10.0 Å². The Labute approximate surface area is 117 Å². The first-order valence-corrected chi connectivity index (χ1v) is 5.77. The van der Waals surface area contributed by atoms with Crippen molar-refractivity contribution >= 4 is 21.9 Å². The van der Waals surface area contributed by atoms with Crippen LogP contribution in [-0.2, 0) is 6.18 Å². The second kappa shape index (κ2) is 4.89. The predicted molar refractivity (Wildman–Crippen MR) is 61.6 cm³/mol. The van der Waals surface area contributed by atoms with Gasteiger partial charge in [0.15, 0.2) is 5.69 Å². The predicted octanol–water partition coefficient (Wildman–Crippen LogP) is 3.96. The van der Waals surface area contributed by atoms with Crippen LogP contribution in [0.5, 0.6) is 0 Å². The zero-order valence-corrected chi connectivity index (χ0v) is 10.9. The molecule has 0 aliphatic rings. The van der Waals surface area contributed by atoms with Crippen molar-refractivity contribution in [3.05, 3.63) is 39.9 Å². The first-order chi connectivity index (χ1) is 9.21. The minimum absolute atomic E-state index is 0.0874. The maximum atomic E-state index is 13.6. The average molecular weight is 354 g/mol. The van der Waals surface area contributed by atoms with Crippen LogP contribution in [0.25, 0.3) is 11.5 Å². The van der Waals surface area contributed by atoms with E-state index in [1.54, 1.807) is 0 Å². The highest BCUT2D eigenvalue weighted by Crippen LogP contribution is 2.37. The van der Waals surface area contributed by atoms with Crippen molar-refractivity contribution in [1.82, 2.24) is 4.98 Å². The summed E-state index contributed by atoms with van der Waals surface area (Å²) in [6, 6.07) is 3.66. The molecule has 1 aromatic carbocycles. The van der Waals surface area contributed by atoms with Crippen LogP contribution in [0, 0.1) is 5.82 Å². The number of carbonyl (C=O) groups is 1. The summed E-state index contributed by atoms with van der Waals surface area (Å²) in [7, 11) is 0. The van der Waals surface area contributed by atoms with Gasteiger partial charge in [0.2, 0.25) is 11.7 Å². The van der Waals surface area contributed by atoms with E-state index < -0.39 is 35.3 Å². The Morgan fingerprint density at radius 1 is 1.35 bits per heavy atom. The Morgan fingerprint density at radius 3 is 2.45 bits per heavy atom. The monoisotopic (exact) mass is 353 g/mol. The van der Waals surface area contributed by atoms with Gasteiger partial charge in [-0.2, -0.15) is 13.2 Å². The molecule has 9 heteroatoms. The molecule has 0 spiro atoms. The maximum absolute atomic E-state index is 13.6. The Bertz CT molecular complexity index is 661. The summed E-state index contributed by atoms with van der Waals surface area (Å²) in [6.07, 6.45) is -5.02. The van der Waals surface area contributed by atoms with E-state index in [4.69, 9.17) is 5.11 Å². The highest BCUT2D eigenvalue weighted by Gasteiger charge is 2.41. The van der Waals surface area contributed by atoms with Crippen molar-refractivity contribution < 1.29 is 31.9 Å². The fraction of sp³-hybridized carbons (Fsp3) is 0.0909. The van der Waals surface area contributed by atoms with Crippen LogP contribution in [0.15, 0.2) is 27.1 Å². The van der Waals surface area contributed by atoms with Gasteiger partial charge < -0.3 is 9.52 Å². The summed E-state index contributed by atoms with van der Waals surface area (Å²) in [5.74, 6) is -4.99. The van der Waals surface area contributed by atoms with Gasteiger partial charge in [0.25, 0.3) is 0 Å². The molecule has 0 aliphatic carbocycles. The van der Waals surface area contributed by atoms with Crippen molar-refractivity contribution in [2.45, 2.75) is 6.18 Å². The number of carboxylic acid groups (broad SMARTS) is 1. The minimum atomic E-state index is -5.02. The lowest BCUT2D eigenvalue weighted by Crippen LogP contribution is -2.11. The van der Waals surface area contributed by atoms with E-state index in [2.05, 4.69) is 25.3 Å². The first-order valence-electron chi connectivity index (χ1n) is 4.97. The fourth-order valence-electron chi connectivity index (χ4n) is 1.47. The van der Waals surface area contributed by atoms with Crippen LogP contribution in [0.2, 0.25) is 0 Å². The van der Waals surface area contributed by atoms with Crippen LogP contribution in [0.4, 0.5) is 17.6 Å². The van der Waals surface area contributed by atoms with Gasteiger partial charge in [-0.05, 0) is 28.1 Å². The van der Waals surface area contributed by atoms with Gasteiger partial charge in [0.05, 0.1) is 5.56 Å². The molecule has 1 N–H and O–H groups in total. The quantitative estimate of drug-likeness (QED) is 0.830. The smallest absolute Gasteiger partial charge is 0.437 e. The molecular weight excluding hydrogens is 350 g/mol. The van der Waals surface area contributed by atoms with Gasteiger partial charge in [-0.3, -0.25) is 0 Å². The van der Waals surface area contributed by atoms with Gasteiger partial charge in [-0.1, -0.05) is 6.07 Å². The number of nitrogens with zero attached hydrogens (tertiary/aromatic N) is 1. The van der Waals surface area contributed by atoms with E-state index in [1.165, 1.54) is 12.1 Å². The van der Waals surface area contributed by atoms with E-state index >= 15 is 0 Å². The second-order valence-corrected chi connectivity index (χ2v) is 4.45. The van der Waals surface area contributed by atoms with Crippen LogP contribution < -0.4 is 0 Å². The van der Waals surface area contributed by atoms with Crippen molar-refractivity contribution in [2.75, 3.05) is 0 Å². The summed E-state index contributed by atoms with van der Waals surface area (Å²) in [5.41, 5.74) is -2.10. The molecule has 0 aliphatic heterocycles. The SMILES string of the molecule is O=C(O)c1oc(-c2c(F)cccc2Br)nc1C(F)(F)F. The molecule has 0 amide bonds. The van der Waals surface area contributed by atoms with Gasteiger partial charge in [0.1, 0.15) is 5.82 Å². The third-order valence-corrected chi connectivity index (χ3v) is 2.93. The molecule has 0 unspecified atom stereocenters. The number of aromatic nitrogens is 1. The Morgan fingerprint density at radius 2 is 2.00 bits per heavy atom. The normalized spacial score (nSPS) is 11.7. The summed E-state index contributed by atoms with van der Waals surface area (Å²) in [5, 5.41) is 8.69. The highest BCUT2D eigenvalue weighted by molar-refractivity contribution is 9.10. The highest BCUT2D eigenvalue weighted by atomic mass is 79.9. The summed E-state index contributed by atoms with van der Waals surface area (Å²) < 4.78 is 56.2. The molecule has 20 heavy (non-hydrogen) atoms. The lowest BCUT2D eigenvalue weighted by Gasteiger charge is -2.01. The largest absolute Gasteiger partial charge is 0.475 e. The third-order valence-electron chi connectivity index (χ3n) is 2.27.